The molecule has 1 aromatic heterocycles. The summed E-state index contributed by atoms with van der Waals surface area (Å²) in [5, 5.41) is 2.80. The van der Waals surface area contributed by atoms with Crippen molar-refractivity contribution in [1.29, 1.82) is 0 Å². The first kappa shape index (κ1) is 17.9. The molecule has 0 fully saturated rings. The van der Waals surface area contributed by atoms with Crippen LogP contribution in [0.5, 0.6) is 0 Å². The van der Waals surface area contributed by atoms with Gasteiger partial charge in [0.05, 0.1) is 0 Å². The van der Waals surface area contributed by atoms with Crippen molar-refractivity contribution in [2.24, 2.45) is 4.99 Å². The van der Waals surface area contributed by atoms with Crippen LogP contribution in [0.15, 0.2) is 89.9 Å². The molecule has 0 unspecified atom stereocenters. The van der Waals surface area contributed by atoms with Crippen LogP contribution >= 0.6 is 34.5 Å². The Hall–Kier alpha value is -2.46. The Kier molecular flexibility index (Phi) is 5.35. The standard InChI is InChI=1S/C22H14Cl2N2S/c23-18-13-11-17(12-14-18)21-25-19(15-7-3-1-4-8-15)22(27-21)26-20(24)16-9-5-2-6-10-16/h1-14H/b26-20+. The van der Waals surface area contributed by atoms with Gasteiger partial charge < -0.3 is 0 Å². The second-order valence-corrected chi connectivity index (χ2v) is 7.59. The van der Waals surface area contributed by atoms with Gasteiger partial charge in [-0.3, -0.25) is 0 Å². The average Bonchev–Trinajstić information content (AvgIpc) is 3.13. The summed E-state index contributed by atoms with van der Waals surface area (Å²) >= 11 is 14.0. The summed E-state index contributed by atoms with van der Waals surface area (Å²) in [6.07, 6.45) is 0. The Balaban J connectivity index is 1.83. The van der Waals surface area contributed by atoms with Gasteiger partial charge in [-0.05, 0) is 12.1 Å². The fourth-order valence-electron chi connectivity index (χ4n) is 2.62. The molecule has 0 aliphatic heterocycles. The lowest BCUT2D eigenvalue weighted by Gasteiger charge is -2.00. The first-order chi connectivity index (χ1) is 13.2. The number of benzene rings is 3. The maximum atomic E-state index is 6.49. The van der Waals surface area contributed by atoms with Crippen molar-refractivity contribution < 1.29 is 0 Å². The summed E-state index contributed by atoms with van der Waals surface area (Å²) in [6.45, 7) is 0. The number of nitrogens with zero attached hydrogens (tertiary/aromatic N) is 2. The summed E-state index contributed by atoms with van der Waals surface area (Å²) in [5.74, 6) is 0. The summed E-state index contributed by atoms with van der Waals surface area (Å²) in [4.78, 5) is 9.52. The van der Waals surface area contributed by atoms with E-state index < -0.39 is 0 Å². The molecule has 0 aliphatic carbocycles. The predicted octanol–water partition coefficient (Wildman–Crippen LogP) is 7.45. The normalized spacial score (nSPS) is 11.6. The molecule has 0 atom stereocenters. The Morgan fingerprint density at radius 2 is 1.41 bits per heavy atom. The molecule has 0 aliphatic rings. The van der Waals surface area contributed by atoms with E-state index in [0.29, 0.717) is 10.2 Å². The molecule has 0 N–H and O–H groups in total. The lowest BCUT2D eigenvalue weighted by atomic mass is 10.1. The number of halogens is 2. The zero-order valence-corrected chi connectivity index (χ0v) is 16.5. The number of aromatic nitrogens is 1. The molecular weight excluding hydrogens is 395 g/mol. The number of hydrogen-bond acceptors (Lipinski definition) is 3. The molecule has 27 heavy (non-hydrogen) atoms. The van der Waals surface area contributed by atoms with Crippen molar-refractivity contribution in [2.75, 3.05) is 0 Å². The van der Waals surface area contributed by atoms with E-state index in [1.54, 1.807) is 0 Å². The molecule has 0 bridgehead atoms. The highest BCUT2D eigenvalue weighted by Crippen LogP contribution is 2.40. The van der Waals surface area contributed by atoms with Gasteiger partial charge in [-0.2, -0.15) is 0 Å². The fourth-order valence-corrected chi connectivity index (χ4v) is 3.97. The van der Waals surface area contributed by atoms with Gasteiger partial charge in [-0.25, -0.2) is 9.98 Å². The van der Waals surface area contributed by atoms with Crippen LogP contribution in [-0.2, 0) is 0 Å². The van der Waals surface area contributed by atoms with Gasteiger partial charge in [0.2, 0.25) is 0 Å². The molecule has 0 spiro atoms. The number of rotatable bonds is 4. The SMILES string of the molecule is Cl/C(=N/c1sc(-c2ccc(Cl)cc2)nc1-c1ccccc1)c1ccccc1. The minimum atomic E-state index is 0.444. The highest BCUT2D eigenvalue weighted by Gasteiger charge is 2.15. The number of aliphatic imine (C=N–C) groups is 1. The topological polar surface area (TPSA) is 25.2 Å². The fraction of sp³-hybridized carbons (Fsp3) is 0. The summed E-state index contributed by atoms with van der Waals surface area (Å²) < 4.78 is 0. The van der Waals surface area contributed by atoms with Gasteiger partial charge in [0.1, 0.15) is 20.9 Å². The third kappa shape index (κ3) is 4.11. The third-order valence-electron chi connectivity index (χ3n) is 3.96. The summed E-state index contributed by atoms with van der Waals surface area (Å²) in [7, 11) is 0. The third-order valence-corrected chi connectivity index (χ3v) is 5.51. The van der Waals surface area contributed by atoms with Crippen molar-refractivity contribution in [3.63, 3.8) is 0 Å². The lowest BCUT2D eigenvalue weighted by molar-refractivity contribution is 1.39. The second kappa shape index (κ2) is 8.05. The van der Waals surface area contributed by atoms with Gasteiger partial charge in [0, 0.05) is 21.7 Å². The van der Waals surface area contributed by atoms with E-state index in [4.69, 9.17) is 28.2 Å². The first-order valence-electron chi connectivity index (χ1n) is 8.32. The molecule has 4 aromatic rings. The van der Waals surface area contributed by atoms with Gasteiger partial charge >= 0.3 is 0 Å². The molecule has 2 nitrogen and oxygen atoms in total. The van der Waals surface area contributed by atoms with E-state index in [9.17, 15) is 0 Å². The first-order valence-corrected chi connectivity index (χ1v) is 9.90. The molecule has 0 radical (unpaired) electrons. The Morgan fingerprint density at radius 3 is 2.07 bits per heavy atom. The van der Waals surface area contributed by atoms with E-state index in [2.05, 4.69) is 4.99 Å². The molecule has 1 heterocycles. The molecular formula is C22H14Cl2N2S. The molecule has 4 rings (SSSR count). The number of hydrogen-bond donors (Lipinski definition) is 0. The van der Waals surface area contributed by atoms with E-state index in [0.717, 1.165) is 32.4 Å². The Labute approximate surface area is 171 Å². The Bertz CT molecular complexity index is 1070. The zero-order chi connectivity index (χ0) is 18.6. The van der Waals surface area contributed by atoms with Crippen LogP contribution in [0.3, 0.4) is 0 Å². The van der Waals surface area contributed by atoms with Crippen LogP contribution in [0.1, 0.15) is 5.56 Å². The summed E-state index contributed by atoms with van der Waals surface area (Å²) in [6, 6.07) is 27.4. The second-order valence-electron chi connectivity index (χ2n) is 5.81. The van der Waals surface area contributed by atoms with Crippen LogP contribution < -0.4 is 0 Å². The molecule has 0 saturated heterocycles. The van der Waals surface area contributed by atoms with E-state index >= 15 is 0 Å². The lowest BCUT2D eigenvalue weighted by Crippen LogP contribution is -1.89. The van der Waals surface area contributed by atoms with Crippen molar-refractivity contribution in [1.82, 2.24) is 4.98 Å². The van der Waals surface area contributed by atoms with Crippen LogP contribution in [0.4, 0.5) is 5.00 Å². The smallest absolute Gasteiger partial charge is 0.146 e. The van der Waals surface area contributed by atoms with Gasteiger partial charge in [-0.15, -0.1) is 0 Å². The highest BCUT2D eigenvalue weighted by atomic mass is 35.5. The van der Waals surface area contributed by atoms with Gasteiger partial charge in [-0.1, -0.05) is 107 Å². The van der Waals surface area contributed by atoms with Crippen molar-refractivity contribution in [3.8, 4) is 21.8 Å². The van der Waals surface area contributed by atoms with Crippen LogP contribution in [0.2, 0.25) is 5.02 Å². The highest BCUT2D eigenvalue weighted by molar-refractivity contribution is 7.19. The molecule has 0 saturated carbocycles. The summed E-state index contributed by atoms with van der Waals surface area (Å²) in [5.41, 5.74) is 3.70. The largest absolute Gasteiger partial charge is 0.234 e. The maximum absolute atomic E-state index is 6.49. The van der Waals surface area contributed by atoms with Crippen LogP contribution in [0, 0.1) is 0 Å². The minimum absolute atomic E-state index is 0.444. The zero-order valence-electron chi connectivity index (χ0n) is 14.1. The minimum Gasteiger partial charge on any atom is -0.234 e. The van der Waals surface area contributed by atoms with Crippen LogP contribution in [-0.4, -0.2) is 10.2 Å². The van der Waals surface area contributed by atoms with Crippen molar-refractivity contribution in [3.05, 3.63) is 95.5 Å². The molecule has 5 heteroatoms. The van der Waals surface area contributed by atoms with Gasteiger partial charge in [0.15, 0.2) is 0 Å². The number of thiazole rings is 1. The van der Waals surface area contributed by atoms with E-state index in [1.165, 1.54) is 11.3 Å². The molecule has 0 amide bonds. The molecule has 132 valence electrons. The van der Waals surface area contributed by atoms with Crippen molar-refractivity contribution >= 4 is 44.7 Å². The maximum Gasteiger partial charge on any atom is 0.146 e. The van der Waals surface area contributed by atoms with Gasteiger partial charge in [0.25, 0.3) is 0 Å². The quantitative estimate of drug-likeness (QED) is 0.321. The monoisotopic (exact) mass is 408 g/mol. The Morgan fingerprint density at radius 1 is 0.778 bits per heavy atom. The van der Waals surface area contributed by atoms with Crippen molar-refractivity contribution in [2.45, 2.75) is 0 Å². The van der Waals surface area contributed by atoms with Crippen LogP contribution in [0.25, 0.3) is 21.8 Å². The average molecular weight is 409 g/mol. The van der Waals surface area contributed by atoms with E-state index in [1.807, 2.05) is 84.9 Å². The van der Waals surface area contributed by atoms with E-state index in [-0.39, 0.29) is 0 Å². The predicted molar refractivity (Wildman–Crippen MR) is 116 cm³/mol. The molecule has 3 aromatic carbocycles.